The third-order valence-electron chi connectivity index (χ3n) is 2.77. The Morgan fingerprint density at radius 3 is 2.56 bits per heavy atom. The first-order valence-corrected chi connectivity index (χ1v) is 5.68. The van der Waals surface area contributed by atoms with E-state index < -0.39 is 0 Å². The van der Waals surface area contributed by atoms with Gasteiger partial charge < -0.3 is 0 Å². The Morgan fingerprint density at radius 1 is 1.06 bits per heavy atom. The second-order valence-corrected chi connectivity index (χ2v) is 3.88. The van der Waals surface area contributed by atoms with E-state index in [1.54, 1.807) is 0 Å². The van der Waals surface area contributed by atoms with Gasteiger partial charge in [0.1, 0.15) is 0 Å². The maximum Gasteiger partial charge on any atom is 0.0494 e. The minimum Gasteiger partial charge on any atom is -0.261 e. The molecule has 2 nitrogen and oxygen atoms in total. The first kappa shape index (κ1) is 10.8. The molecule has 0 aliphatic heterocycles. The zero-order valence-corrected chi connectivity index (χ0v) is 9.72. The van der Waals surface area contributed by atoms with Crippen molar-refractivity contribution in [2.75, 3.05) is 0 Å². The molecule has 2 rings (SSSR count). The lowest BCUT2D eigenvalue weighted by Crippen LogP contribution is -2.02. The number of aromatic nitrogens is 2. The summed E-state index contributed by atoms with van der Waals surface area (Å²) in [7, 11) is 0. The van der Waals surface area contributed by atoms with Gasteiger partial charge in [-0.25, -0.2) is 0 Å². The monoisotopic (exact) mass is 212 g/mol. The highest BCUT2D eigenvalue weighted by molar-refractivity contribution is 5.23. The second-order valence-electron chi connectivity index (χ2n) is 3.88. The molecule has 2 heterocycles. The molecule has 0 amide bonds. The first-order chi connectivity index (χ1) is 7.81. The van der Waals surface area contributed by atoms with Crippen LogP contribution in [0.1, 0.15) is 36.8 Å². The van der Waals surface area contributed by atoms with E-state index in [4.69, 9.17) is 0 Å². The number of pyridine rings is 2. The Kier molecular flexibility index (Phi) is 3.30. The van der Waals surface area contributed by atoms with E-state index in [1.165, 1.54) is 0 Å². The van der Waals surface area contributed by atoms with Crippen molar-refractivity contribution in [2.24, 2.45) is 0 Å². The van der Waals surface area contributed by atoms with Crippen LogP contribution >= 0.6 is 0 Å². The van der Waals surface area contributed by atoms with E-state index in [9.17, 15) is 0 Å². The second kappa shape index (κ2) is 4.88. The molecule has 2 heteroatoms. The fourth-order valence-corrected chi connectivity index (χ4v) is 1.72. The van der Waals surface area contributed by atoms with Gasteiger partial charge in [0.2, 0.25) is 0 Å². The van der Waals surface area contributed by atoms with E-state index in [2.05, 4.69) is 42.0 Å². The van der Waals surface area contributed by atoms with Gasteiger partial charge in [0.05, 0.1) is 0 Å². The van der Waals surface area contributed by atoms with Crippen molar-refractivity contribution in [3.63, 3.8) is 0 Å². The van der Waals surface area contributed by atoms with Gasteiger partial charge in [-0.2, -0.15) is 0 Å². The number of hydrogen-bond donors (Lipinski definition) is 0. The van der Waals surface area contributed by atoms with E-state index in [0.29, 0.717) is 0 Å². The highest BCUT2D eigenvalue weighted by Gasteiger charge is 2.10. The van der Waals surface area contributed by atoms with E-state index in [0.717, 1.165) is 23.5 Å². The molecule has 0 bridgehead atoms. The fourth-order valence-electron chi connectivity index (χ4n) is 1.72. The average Bonchev–Trinajstić information content (AvgIpc) is 2.39. The molecule has 0 aliphatic rings. The molecule has 0 radical (unpaired) electrons. The molecule has 0 N–H and O–H groups in total. The number of aryl methyl sites for hydroxylation is 1. The summed E-state index contributed by atoms with van der Waals surface area (Å²) >= 11 is 0. The molecule has 0 unspecified atom stereocenters. The largest absolute Gasteiger partial charge is 0.261 e. The van der Waals surface area contributed by atoms with Crippen molar-refractivity contribution in [3.05, 3.63) is 59.7 Å². The summed E-state index contributed by atoms with van der Waals surface area (Å²) in [6.07, 6.45) is 2.80. The summed E-state index contributed by atoms with van der Waals surface area (Å²) in [6.45, 7) is 4.27. The van der Waals surface area contributed by atoms with Crippen molar-refractivity contribution in [3.8, 4) is 0 Å². The molecule has 0 saturated heterocycles. The van der Waals surface area contributed by atoms with E-state index in [1.807, 2.05) is 24.4 Å². The fraction of sp³-hybridized carbons (Fsp3) is 0.286. The van der Waals surface area contributed by atoms with Gasteiger partial charge in [0.25, 0.3) is 0 Å². The van der Waals surface area contributed by atoms with Crippen molar-refractivity contribution in [2.45, 2.75) is 26.2 Å². The van der Waals surface area contributed by atoms with Gasteiger partial charge in [0, 0.05) is 29.2 Å². The molecule has 1 atom stereocenters. The number of hydrogen-bond acceptors (Lipinski definition) is 2. The lowest BCUT2D eigenvalue weighted by atomic mass is 10.0. The van der Waals surface area contributed by atoms with Gasteiger partial charge >= 0.3 is 0 Å². The maximum atomic E-state index is 4.63. The Bertz CT molecular complexity index is 451. The molecule has 82 valence electrons. The van der Waals surface area contributed by atoms with Crippen molar-refractivity contribution < 1.29 is 0 Å². The number of rotatable bonds is 3. The van der Waals surface area contributed by atoms with Crippen LogP contribution < -0.4 is 0 Å². The average molecular weight is 212 g/mol. The van der Waals surface area contributed by atoms with Gasteiger partial charge in [-0.05, 0) is 30.7 Å². The molecular weight excluding hydrogens is 196 g/mol. The summed E-state index contributed by atoms with van der Waals surface area (Å²) in [5, 5.41) is 0. The lowest BCUT2D eigenvalue weighted by molar-refractivity contribution is 0.817. The Balaban J connectivity index is 2.30. The third kappa shape index (κ3) is 2.27. The normalized spacial score (nSPS) is 12.4. The SMILES string of the molecule is CCc1cccc([C@@H](C)c2ccccn2)n1. The number of nitrogens with zero attached hydrogens (tertiary/aromatic N) is 2. The van der Waals surface area contributed by atoms with Gasteiger partial charge in [-0.15, -0.1) is 0 Å². The van der Waals surface area contributed by atoms with E-state index in [-0.39, 0.29) is 5.92 Å². The Hall–Kier alpha value is -1.70. The molecule has 0 aliphatic carbocycles. The summed E-state index contributed by atoms with van der Waals surface area (Å²) in [5.74, 6) is 0.257. The Morgan fingerprint density at radius 2 is 1.88 bits per heavy atom. The minimum absolute atomic E-state index is 0.257. The molecule has 0 spiro atoms. The summed E-state index contributed by atoms with van der Waals surface area (Å²) in [4.78, 5) is 9.00. The van der Waals surface area contributed by atoms with E-state index >= 15 is 0 Å². The molecule has 0 aromatic carbocycles. The maximum absolute atomic E-state index is 4.63. The van der Waals surface area contributed by atoms with Gasteiger partial charge in [-0.3, -0.25) is 9.97 Å². The van der Waals surface area contributed by atoms with Gasteiger partial charge in [-0.1, -0.05) is 26.0 Å². The molecule has 0 saturated carbocycles. The van der Waals surface area contributed by atoms with Crippen LogP contribution in [0.25, 0.3) is 0 Å². The zero-order valence-electron chi connectivity index (χ0n) is 9.72. The van der Waals surface area contributed by atoms with Crippen LogP contribution in [0.15, 0.2) is 42.6 Å². The van der Waals surface area contributed by atoms with Crippen LogP contribution in [0, 0.1) is 0 Å². The summed E-state index contributed by atoms with van der Waals surface area (Å²) in [5.41, 5.74) is 3.31. The summed E-state index contributed by atoms with van der Waals surface area (Å²) < 4.78 is 0. The minimum atomic E-state index is 0.257. The highest BCUT2D eigenvalue weighted by atomic mass is 14.7. The smallest absolute Gasteiger partial charge is 0.0494 e. The van der Waals surface area contributed by atoms with Crippen LogP contribution in [-0.4, -0.2) is 9.97 Å². The molecule has 0 fully saturated rings. The topological polar surface area (TPSA) is 25.8 Å². The van der Waals surface area contributed by atoms with Crippen LogP contribution in [-0.2, 0) is 6.42 Å². The van der Waals surface area contributed by atoms with Crippen LogP contribution in [0.3, 0.4) is 0 Å². The third-order valence-corrected chi connectivity index (χ3v) is 2.77. The first-order valence-electron chi connectivity index (χ1n) is 5.68. The van der Waals surface area contributed by atoms with Crippen LogP contribution in [0.4, 0.5) is 0 Å². The molecule has 16 heavy (non-hydrogen) atoms. The zero-order chi connectivity index (χ0) is 11.4. The highest BCUT2D eigenvalue weighted by Crippen LogP contribution is 2.20. The standard InChI is InChI=1S/C14H16N2/c1-3-12-7-6-9-14(16-12)11(2)13-8-4-5-10-15-13/h4-11H,3H2,1-2H3/t11-/m0/s1. The molecular formula is C14H16N2. The van der Waals surface area contributed by atoms with Crippen molar-refractivity contribution >= 4 is 0 Å². The van der Waals surface area contributed by atoms with Gasteiger partial charge in [0.15, 0.2) is 0 Å². The predicted molar refractivity (Wildman–Crippen MR) is 65.4 cm³/mol. The van der Waals surface area contributed by atoms with Crippen LogP contribution in [0.2, 0.25) is 0 Å². The van der Waals surface area contributed by atoms with Crippen molar-refractivity contribution in [1.82, 2.24) is 9.97 Å². The molecule has 2 aromatic heterocycles. The summed E-state index contributed by atoms with van der Waals surface area (Å²) in [6, 6.07) is 12.2. The quantitative estimate of drug-likeness (QED) is 0.780. The van der Waals surface area contributed by atoms with Crippen molar-refractivity contribution in [1.29, 1.82) is 0 Å². The molecule has 2 aromatic rings. The Labute approximate surface area is 96.4 Å². The lowest BCUT2D eigenvalue weighted by Gasteiger charge is -2.11. The predicted octanol–water partition coefficient (Wildman–Crippen LogP) is 3.19. The van der Waals surface area contributed by atoms with Crippen LogP contribution in [0.5, 0.6) is 0 Å².